The van der Waals surface area contributed by atoms with Crippen LogP contribution >= 0.6 is 0 Å². The summed E-state index contributed by atoms with van der Waals surface area (Å²) in [5, 5.41) is 3.95. The fourth-order valence-corrected chi connectivity index (χ4v) is 3.12. The molecule has 4 rings (SSSR count). The number of piperidine rings is 1. The number of aromatic nitrogens is 2. The predicted molar refractivity (Wildman–Crippen MR) is 77.0 cm³/mol. The van der Waals surface area contributed by atoms with E-state index in [0.717, 1.165) is 37.3 Å². The van der Waals surface area contributed by atoms with Gasteiger partial charge in [-0.05, 0) is 51.3 Å². The molecule has 1 saturated heterocycles. The van der Waals surface area contributed by atoms with E-state index in [1.807, 2.05) is 19.1 Å². The number of rotatable bonds is 4. The minimum Gasteiger partial charge on any atom is -0.465 e. The maximum absolute atomic E-state index is 15.3. The van der Waals surface area contributed by atoms with Crippen molar-refractivity contribution in [3.63, 3.8) is 0 Å². The number of hydrogen-bond acceptors (Lipinski definition) is 5. The Labute approximate surface area is 128 Å². The minimum atomic E-state index is -1.54. The minimum absolute atomic E-state index is 0.148. The Balaban J connectivity index is 1.48. The third-order valence-corrected chi connectivity index (χ3v) is 4.46. The van der Waals surface area contributed by atoms with Crippen LogP contribution in [0.4, 0.5) is 4.39 Å². The standard InChI is InChI=1S/C16H20FN3O2/c1-11-3-6-13(21-11)9-20-8-2-7-16(17,10-20)15-18-14(19-22-15)12-4-5-12/h3,6,12H,2,4-5,7-10H2,1H3. The van der Waals surface area contributed by atoms with Gasteiger partial charge in [-0.3, -0.25) is 4.90 Å². The van der Waals surface area contributed by atoms with Crippen LogP contribution in [0.2, 0.25) is 0 Å². The highest BCUT2D eigenvalue weighted by atomic mass is 19.1. The van der Waals surface area contributed by atoms with Crippen LogP contribution in [0.15, 0.2) is 21.1 Å². The average molecular weight is 305 g/mol. The molecule has 0 spiro atoms. The summed E-state index contributed by atoms with van der Waals surface area (Å²) >= 11 is 0. The number of halogens is 1. The van der Waals surface area contributed by atoms with Gasteiger partial charge in [0.2, 0.25) is 5.67 Å². The summed E-state index contributed by atoms with van der Waals surface area (Å²) in [7, 11) is 0. The van der Waals surface area contributed by atoms with E-state index < -0.39 is 5.67 Å². The molecule has 0 aromatic carbocycles. The maximum Gasteiger partial charge on any atom is 0.265 e. The van der Waals surface area contributed by atoms with Crippen LogP contribution in [0.3, 0.4) is 0 Å². The van der Waals surface area contributed by atoms with Crippen LogP contribution in [-0.4, -0.2) is 28.1 Å². The second-order valence-corrected chi connectivity index (χ2v) is 6.52. The van der Waals surface area contributed by atoms with Gasteiger partial charge in [0.05, 0.1) is 6.54 Å². The summed E-state index contributed by atoms with van der Waals surface area (Å²) < 4.78 is 26.1. The molecule has 0 N–H and O–H groups in total. The summed E-state index contributed by atoms with van der Waals surface area (Å²) in [5.41, 5.74) is -1.54. The number of likely N-dealkylation sites (tertiary alicyclic amines) is 1. The molecule has 3 heterocycles. The fraction of sp³-hybridized carbons (Fsp3) is 0.625. The third-order valence-electron chi connectivity index (χ3n) is 4.46. The van der Waals surface area contributed by atoms with Gasteiger partial charge in [-0.15, -0.1) is 0 Å². The number of aryl methyl sites for hydroxylation is 1. The zero-order chi connectivity index (χ0) is 15.2. The molecule has 0 bridgehead atoms. The maximum atomic E-state index is 15.3. The smallest absolute Gasteiger partial charge is 0.265 e. The zero-order valence-corrected chi connectivity index (χ0v) is 12.7. The lowest BCUT2D eigenvalue weighted by molar-refractivity contribution is 0.00993. The Morgan fingerprint density at radius 1 is 1.41 bits per heavy atom. The van der Waals surface area contributed by atoms with E-state index in [-0.39, 0.29) is 12.4 Å². The van der Waals surface area contributed by atoms with Crippen LogP contribution < -0.4 is 0 Å². The lowest BCUT2D eigenvalue weighted by Crippen LogP contribution is -2.43. The van der Waals surface area contributed by atoms with Gasteiger partial charge in [0.25, 0.3) is 5.89 Å². The van der Waals surface area contributed by atoms with Gasteiger partial charge in [-0.2, -0.15) is 4.98 Å². The van der Waals surface area contributed by atoms with Crippen molar-refractivity contribution in [3.05, 3.63) is 35.4 Å². The van der Waals surface area contributed by atoms with Crippen molar-refractivity contribution in [2.45, 2.75) is 50.7 Å². The normalized spacial score (nSPS) is 26.5. The number of furan rings is 1. The molecule has 2 aromatic rings. The predicted octanol–water partition coefficient (Wildman–Crippen LogP) is 3.31. The van der Waals surface area contributed by atoms with Crippen molar-refractivity contribution < 1.29 is 13.3 Å². The monoisotopic (exact) mass is 305 g/mol. The Kier molecular flexibility index (Phi) is 3.29. The lowest BCUT2D eigenvalue weighted by atomic mass is 9.94. The molecule has 22 heavy (non-hydrogen) atoms. The largest absolute Gasteiger partial charge is 0.465 e. The average Bonchev–Trinajstić information content (AvgIpc) is 3.06. The highest BCUT2D eigenvalue weighted by Crippen LogP contribution is 2.41. The van der Waals surface area contributed by atoms with Gasteiger partial charge < -0.3 is 8.94 Å². The van der Waals surface area contributed by atoms with Crippen LogP contribution in [0.5, 0.6) is 0 Å². The van der Waals surface area contributed by atoms with E-state index in [9.17, 15) is 0 Å². The molecule has 0 amide bonds. The zero-order valence-electron chi connectivity index (χ0n) is 12.7. The molecular weight excluding hydrogens is 285 g/mol. The van der Waals surface area contributed by atoms with Crippen molar-refractivity contribution >= 4 is 0 Å². The van der Waals surface area contributed by atoms with E-state index >= 15 is 4.39 Å². The molecule has 118 valence electrons. The second kappa shape index (κ2) is 5.19. The molecule has 1 atom stereocenters. The molecule has 1 unspecified atom stereocenters. The number of nitrogens with zero attached hydrogens (tertiary/aromatic N) is 3. The Hall–Kier alpha value is -1.69. The quantitative estimate of drug-likeness (QED) is 0.867. The SMILES string of the molecule is Cc1ccc(CN2CCCC(F)(c3nc(C4CC4)no3)C2)o1. The molecule has 6 heteroatoms. The molecule has 2 fully saturated rings. The highest BCUT2D eigenvalue weighted by Gasteiger charge is 2.43. The first-order valence-corrected chi connectivity index (χ1v) is 7.93. The summed E-state index contributed by atoms with van der Waals surface area (Å²) in [6.45, 7) is 3.66. The topological polar surface area (TPSA) is 55.3 Å². The van der Waals surface area contributed by atoms with Crippen molar-refractivity contribution in [1.82, 2.24) is 15.0 Å². The van der Waals surface area contributed by atoms with E-state index in [4.69, 9.17) is 8.94 Å². The summed E-state index contributed by atoms with van der Waals surface area (Å²) in [4.78, 5) is 6.37. The van der Waals surface area contributed by atoms with Gasteiger partial charge in [-0.25, -0.2) is 4.39 Å². The Morgan fingerprint density at radius 2 is 2.27 bits per heavy atom. The van der Waals surface area contributed by atoms with Gasteiger partial charge in [-0.1, -0.05) is 5.16 Å². The van der Waals surface area contributed by atoms with Crippen molar-refractivity contribution in [3.8, 4) is 0 Å². The first-order chi connectivity index (χ1) is 10.6. The van der Waals surface area contributed by atoms with Gasteiger partial charge >= 0.3 is 0 Å². The van der Waals surface area contributed by atoms with Crippen LogP contribution in [-0.2, 0) is 12.2 Å². The molecule has 1 aliphatic heterocycles. The van der Waals surface area contributed by atoms with Gasteiger partial charge in [0.1, 0.15) is 11.5 Å². The Morgan fingerprint density at radius 3 is 3.00 bits per heavy atom. The van der Waals surface area contributed by atoms with Crippen LogP contribution in [0, 0.1) is 6.92 Å². The van der Waals surface area contributed by atoms with Crippen LogP contribution in [0.25, 0.3) is 0 Å². The number of hydrogen-bond donors (Lipinski definition) is 0. The van der Waals surface area contributed by atoms with E-state index in [1.54, 1.807) is 0 Å². The van der Waals surface area contributed by atoms with E-state index in [0.29, 0.717) is 24.7 Å². The van der Waals surface area contributed by atoms with Crippen molar-refractivity contribution in [2.75, 3.05) is 13.1 Å². The third kappa shape index (κ3) is 2.67. The van der Waals surface area contributed by atoms with Gasteiger partial charge in [0.15, 0.2) is 5.82 Å². The molecule has 0 radical (unpaired) electrons. The molecule has 5 nitrogen and oxygen atoms in total. The highest BCUT2D eigenvalue weighted by molar-refractivity contribution is 5.10. The van der Waals surface area contributed by atoms with Crippen LogP contribution in [0.1, 0.15) is 54.8 Å². The van der Waals surface area contributed by atoms with Crippen molar-refractivity contribution in [2.24, 2.45) is 0 Å². The molecule has 2 aliphatic rings. The summed E-state index contributed by atoms with van der Waals surface area (Å²) in [6.07, 6.45) is 3.38. The summed E-state index contributed by atoms with van der Waals surface area (Å²) in [5.74, 6) is 2.95. The fourth-order valence-electron chi connectivity index (χ4n) is 3.12. The van der Waals surface area contributed by atoms with E-state index in [1.165, 1.54) is 0 Å². The molecule has 1 aliphatic carbocycles. The first-order valence-electron chi connectivity index (χ1n) is 7.93. The molecular formula is C16H20FN3O2. The first kappa shape index (κ1) is 13.9. The number of alkyl halides is 1. The van der Waals surface area contributed by atoms with Crippen molar-refractivity contribution in [1.29, 1.82) is 0 Å². The second-order valence-electron chi connectivity index (χ2n) is 6.52. The Bertz CT molecular complexity index is 664. The molecule has 1 saturated carbocycles. The lowest BCUT2D eigenvalue weighted by Gasteiger charge is -2.34. The van der Waals surface area contributed by atoms with Gasteiger partial charge in [0, 0.05) is 12.5 Å². The van der Waals surface area contributed by atoms with E-state index in [2.05, 4.69) is 15.0 Å². The summed E-state index contributed by atoms with van der Waals surface area (Å²) in [6, 6.07) is 3.88. The molecule has 2 aromatic heterocycles.